The maximum atomic E-state index is 13.8. The highest BCUT2D eigenvalue weighted by Crippen LogP contribution is 2.26. The molecule has 0 unspecified atom stereocenters. The zero-order chi connectivity index (χ0) is 28.5. The number of carbonyl (C=O) groups excluding carboxylic acids is 2. The molecule has 1 atom stereocenters. The largest absolute Gasteiger partial charge is 0.354 e. The van der Waals surface area contributed by atoms with Gasteiger partial charge in [-0.1, -0.05) is 67.9 Å². The van der Waals surface area contributed by atoms with Crippen molar-refractivity contribution >= 4 is 21.8 Å². The van der Waals surface area contributed by atoms with Crippen molar-refractivity contribution < 1.29 is 22.4 Å². The van der Waals surface area contributed by atoms with Gasteiger partial charge in [-0.25, -0.2) is 17.5 Å². The van der Waals surface area contributed by atoms with E-state index >= 15 is 0 Å². The van der Waals surface area contributed by atoms with Crippen LogP contribution in [0.4, 0.5) is 4.39 Å². The minimum absolute atomic E-state index is 0.0196. The molecule has 3 aromatic rings. The van der Waals surface area contributed by atoms with Gasteiger partial charge < -0.3 is 10.2 Å². The smallest absolute Gasteiger partial charge is 0.247 e. The molecule has 0 heterocycles. The van der Waals surface area contributed by atoms with Crippen LogP contribution in [0.1, 0.15) is 61.8 Å². The average Bonchev–Trinajstić information content (AvgIpc) is 3.77. The molecule has 7 nitrogen and oxygen atoms in total. The molecular weight excluding hydrogens is 529 g/mol. The van der Waals surface area contributed by atoms with Crippen LogP contribution < -0.4 is 10.0 Å². The quantitative estimate of drug-likeness (QED) is 0.272. The summed E-state index contributed by atoms with van der Waals surface area (Å²) in [5.74, 6) is -0.889. The monoisotopic (exact) mass is 565 g/mol. The summed E-state index contributed by atoms with van der Waals surface area (Å²) >= 11 is 0. The van der Waals surface area contributed by atoms with Gasteiger partial charge in [-0.3, -0.25) is 9.59 Å². The fourth-order valence-electron chi connectivity index (χ4n) is 4.42. The van der Waals surface area contributed by atoms with E-state index in [1.165, 1.54) is 12.1 Å². The second-order valence-electron chi connectivity index (χ2n) is 10.1. The number of halogens is 1. The van der Waals surface area contributed by atoms with Crippen molar-refractivity contribution in [3.05, 3.63) is 101 Å². The van der Waals surface area contributed by atoms with E-state index in [0.29, 0.717) is 24.1 Å². The Bertz CT molecular complexity index is 1380. The zero-order valence-corrected chi connectivity index (χ0v) is 23.5. The standard InChI is InChI=1S/C31H36FN3O4S/c1-2-3-21-33-31(37)30(25-7-5-4-6-8-25)35(22-24-9-14-26(32)15-10-24)29(36)20-13-23-11-18-28(19-12-23)40(38,39)34-27-16-17-27/h4-12,14-15,18-19,27,30,34H,2-3,13,16-17,20-22H2,1H3,(H,33,37)/t30-/m1/s1. The van der Waals surface area contributed by atoms with E-state index in [0.717, 1.165) is 31.2 Å². The summed E-state index contributed by atoms with van der Waals surface area (Å²) < 4.78 is 41.2. The van der Waals surface area contributed by atoms with Gasteiger partial charge >= 0.3 is 0 Å². The van der Waals surface area contributed by atoms with Crippen molar-refractivity contribution in [3.8, 4) is 0 Å². The highest BCUT2D eigenvalue weighted by atomic mass is 32.2. The van der Waals surface area contributed by atoms with Crippen LogP contribution in [0.15, 0.2) is 83.8 Å². The molecule has 2 amide bonds. The lowest BCUT2D eigenvalue weighted by atomic mass is 10.0. The first-order chi connectivity index (χ1) is 19.3. The molecule has 9 heteroatoms. The fourth-order valence-corrected chi connectivity index (χ4v) is 5.73. The van der Waals surface area contributed by atoms with Gasteiger partial charge in [0.25, 0.3) is 0 Å². The minimum Gasteiger partial charge on any atom is -0.354 e. The van der Waals surface area contributed by atoms with Crippen LogP contribution in [-0.2, 0) is 32.6 Å². The van der Waals surface area contributed by atoms with Crippen LogP contribution >= 0.6 is 0 Å². The van der Waals surface area contributed by atoms with E-state index in [9.17, 15) is 22.4 Å². The molecule has 0 spiro atoms. The first-order valence-corrected chi connectivity index (χ1v) is 15.2. The molecule has 3 aromatic carbocycles. The molecule has 1 aliphatic carbocycles. The summed E-state index contributed by atoms with van der Waals surface area (Å²) in [4.78, 5) is 29.0. The topological polar surface area (TPSA) is 95.6 Å². The first kappa shape index (κ1) is 29.4. The van der Waals surface area contributed by atoms with Gasteiger partial charge in [0, 0.05) is 25.6 Å². The molecule has 1 aliphatic rings. The van der Waals surface area contributed by atoms with Gasteiger partial charge in [-0.05, 0) is 66.6 Å². The van der Waals surface area contributed by atoms with Gasteiger partial charge in [-0.2, -0.15) is 0 Å². The van der Waals surface area contributed by atoms with Crippen molar-refractivity contribution in [1.29, 1.82) is 0 Å². The maximum Gasteiger partial charge on any atom is 0.247 e. The lowest BCUT2D eigenvalue weighted by Gasteiger charge is -2.32. The molecule has 40 heavy (non-hydrogen) atoms. The van der Waals surface area contributed by atoms with Gasteiger partial charge in [-0.15, -0.1) is 0 Å². The summed E-state index contributed by atoms with van der Waals surface area (Å²) in [6.07, 6.45) is 3.93. The SMILES string of the molecule is CCCCNC(=O)[C@@H](c1ccccc1)N(Cc1ccc(F)cc1)C(=O)CCc1ccc(S(=O)(=O)NC2CC2)cc1. The summed E-state index contributed by atoms with van der Waals surface area (Å²) in [5.41, 5.74) is 2.20. The number of amides is 2. The Morgan fingerprint density at radius 2 is 1.60 bits per heavy atom. The normalized spacial score (nSPS) is 13.9. The lowest BCUT2D eigenvalue weighted by Crippen LogP contribution is -2.43. The zero-order valence-electron chi connectivity index (χ0n) is 22.7. The van der Waals surface area contributed by atoms with Gasteiger partial charge in [0.15, 0.2) is 0 Å². The van der Waals surface area contributed by atoms with Crippen molar-refractivity contribution in [2.75, 3.05) is 6.54 Å². The van der Waals surface area contributed by atoms with E-state index in [4.69, 9.17) is 0 Å². The van der Waals surface area contributed by atoms with Gasteiger partial charge in [0.2, 0.25) is 21.8 Å². The highest BCUT2D eigenvalue weighted by molar-refractivity contribution is 7.89. The van der Waals surface area contributed by atoms with E-state index in [1.807, 2.05) is 37.3 Å². The number of unbranched alkanes of at least 4 members (excludes halogenated alkanes) is 1. The summed E-state index contributed by atoms with van der Waals surface area (Å²) in [5, 5.41) is 2.97. The van der Waals surface area contributed by atoms with Gasteiger partial charge in [0.05, 0.1) is 4.90 Å². The Hall–Kier alpha value is -3.56. The third kappa shape index (κ3) is 8.22. The third-order valence-electron chi connectivity index (χ3n) is 6.85. The number of sulfonamides is 1. The number of rotatable bonds is 14. The van der Waals surface area contributed by atoms with E-state index in [2.05, 4.69) is 10.0 Å². The second kappa shape index (κ2) is 13.7. The fraction of sp³-hybridized carbons (Fsp3) is 0.355. The number of hydrogen-bond acceptors (Lipinski definition) is 4. The minimum atomic E-state index is -3.55. The molecule has 0 aliphatic heterocycles. The predicted molar refractivity (Wildman–Crippen MR) is 152 cm³/mol. The number of hydrogen-bond donors (Lipinski definition) is 2. The van der Waals surface area contributed by atoms with Crippen LogP contribution in [0, 0.1) is 5.82 Å². The summed E-state index contributed by atoms with van der Waals surface area (Å²) in [7, 11) is -3.55. The molecule has 2 N–H and O–H groups in total. The molecule has 0 saturated heterocycles. The predicted octanol–water partition coefficient (Wildman–Crippen LogP) is 4.89. The average molecular weight is 566 g/mol. The Labute approximate surface area is 235 Å². The van der Waals surface area contributed by atoms with Crippen molar-refractivity contribution in [2.24, 2.45) is 0 Å². The van der Waals surface area contributed by atoms with Crippen LogP contribution in [-0.4, -0.2) is 37.7 Å². The number of benzene rings is 3. The molecule has 1 saturated carbocycles. The maximum absolute atomic E-state index is 13.8. The molecule has 4 rings (SSSR count). The number of nitrogens with one attached hydrogen (secondary N) is 2. The number of carbonyl (C=O) groups is 2. The summed E-state index contributed by atoms with van der Waals surface area (Å²) in [6, 6.07) is 20.7. The van der Waals surface area contributed by atoms with E-state index < -0.39 is 16.1 Å². The first-order valence-electron chi connectivity index (χ1n) is 13.7. The van der Waals surface area contributed by atoms with E-state index in [1.54, 1.807) is 41.3 Å². The molecule has 0 radical (unpaired) electrons. The third-order valence-corrected chi connectivity index (χ3v) is 8.39. The van der Waals surface area contributed by atoms with Crippen molar-refractivity contribution in [3.63, 3.8) is 0 Å². The Morgan fingerprint density at radius 1 is 0.950 bits per heavy atom. The van der Waals surface area contributed by atoms with Crippen LogP contribution in [0.3, 0.4) is 0 Å². The number of nitrogens with zero attached hydrogens (tertiary/aromatic N) is 1. The van der Waals surface area contributed by atoms with Gasteiger partial charge in [0.1, 0.15) is 11.9 Å². The Morgan fingerprint density at radius 3 is 2.23 bits per heavy atom. The summed E-state index contributed by atoms with van der Waals surface area (Å²) in [6.45, 7) is 2.67. The van der Waals surface area contributed by atoms with Crippen LogP contribution in [0.25, 0.3) is 0 Å². The Balaban J connectivity index is 1.54. The molecule has 1 fully saturated rings. The van der Waals surface area contributed by atoms with E-state index in [-0.39, 0.29) is 41.5 Å². The molecule has 0 aromatic heterocycles. The lowest BCUT2D eigenvalue weighted by molar-refractivity contribution is -0.141. The Kier molecular flexibility index (Phi) is 10.1. The van der Waals surface area contributed by atoms with Crippen molar-refractivity contribution in [1.82, 2.24) is 14.9 Å². The highest BCUT2D eigenvalue weighted by Gasteiger charge is 2.31. The van der Waals surface area contributed by atoms with Crippen molar-refractivity contribution in [2.45, 2.75) is 69.0 Å². The molecule has 212 valence electrons. The van der Waals surface area contributed by atoms with Crippen LogP contribution in [0.2, 0.25) is 0 Å². The van der Waals surface area contributed by atoms with Crippen LogP contribution in [0.5, 0.6) is 0 Å². The molecule has 0 bridgehead atoms. The number of aryl methyl sites for hydroxylation is 1. The second-order valence-corrected chi connectivity index (χ2v) is 11.9. The molecular formula is C31H36FN3O4S.